The molecule has 2 heterocycles. The van der Waals surface area contributed by atoms with Gasteiger partial charge in [0.25, 0.3) is 0 Å². The molecule has 1 aromatic carbocycles. The number of nitrogens with zero attached hydrogens (tertiary/aromatic N) is 3. The van der Waals surface area contributed by atoms with E-state index in [1.54, 1.807) is 11.8 Å². The number of likely N-dealkylation sites (tertiary alicyclic amines) is 2. The molecule has 3 rings (SSSR count). The summed E-state index contributed by atoms with van der Waals surface area (Å²) in [7, 11) is 0. The molecule has 27 heavy (non-hydrogen) atoms. The highest BCUT2D eigenvalue weighted by Gasteiger charge is 2.42. The highest BCUT2D eigenvalue weighted by Crippen LogP contribution is 2.23. The number of hydrogen-bond acceptors (Lipinski definition) is 3. The third kappa shape index (κ3) is 4.23. The number of hydrogen-bond donors (Lipinski definition) is 1. The standard InChI is InChI=1S/C20H27N3O4/c1-15(18(24)21-11-6-3-7-12-21)22-13-10-17(19(22)25)23(20(26)27)14-16-8-4-2-5-9-16/h2,4-5,8-9,15,17H,3,6-7,10-14H2,1H3,(H,26,27)/t15-,17-/m0/s1. The smallest absolute Gasteiger partial charge is 0.408 e. The van der Waals surface area contributed by atoms with E-state index in [2.05, 4.69) is 0 Å². The zero-order valence-electron chi connectivity index (χ0n) is 15.7. The second-order valence-corrected chi connectivity index (χ2v) is 7.29. The van der Waals surface area contributed by atoms with Gasteiger partial charge in [-0.15, -0.1) is 0 Å². The van der Waals surface area contributed by atoms with Gasteiger partial charge in [0.2, 0.25) is 11.8 Å². The molecule has 0 radical (unpaired) electrons. The van der Waals surface area contributed by atoms with Crippen LogP contribution in [0, 0.1) is 0 Å². The summed E-state index contributed by atoms with van der Waals surface area (Å²) in [5, 5.41) is 9.63. The van der Waals surface area contributed by atoms with E-state index in [1.165, 1.54) is 4.90 Å². The van der Waals surface area contributed by atoms with Crippen LogP contribution in [-0.4, -0.2) is 69.4 Å². The van der Waals surface area contributed by atoms with Gasteiger partial charge in [0, 0.05) is 26.2 Å². The summed E-state index contributed by atoms with van der Waals surface area (Å²) < 4.78 is 0. The summed E-state index contributed by atoms with van der Waals surface area (Å²) in [5.74, 6) is -0.306. The highest BCUT2D eigenvalue weighted by atomic mass is 16.4. The van der Waals surface area contributed by atoms with E-state index in [-0.39, 0.29) is 18.4 Å². The fraction of sp³-hybridized carbons (Fsp3) is 0.550. The first kappa shape index (κ1) is 19.2. The average Bonchev–Trinajstić information content (AvgIpc) is 3.07. The van der Waals surface area contributed by atoms with Gasteiger partial charge in [0.05, 0.1) is 0 Å². The lowest BCUT2D eigenvalue weighted by molar-refractivity contribution is -0.144. The van der Waals surface area contributed by atoms with Crippen molar-refractivity contribution in [3.63, 3.8) is 0 Å². The van der Waals surface area contributed by atoms with E-state index < -0.39 is 18.2 Å². The second kappa shape index (κ2) is 8.41. The molecule has 2 fully saturated rings. The maximum atomic E-state index is 12.9. The minimum Gasteiger partial charge on any atom is -0.465 e. The predicted molar refractivity (Wildman–Crippen MR) is 100 cm³/mol. The number of piperidine rings is 1. The van der Waals surface area contributed by atoms with E-state index in [4.69, 9.17) is 0 Å². The van der Waals surface area contributed by atoms with E-state index in [0.29, 0.717) is 13.0 Å². The van der Waals surface area contributed by atoms with Crippen LogP contribution in [0.2, 0.25) is 0 Å². The molecule has 3 amide bonds. The van der Waals surface area contributed by atoms with Crippen LogP contribution in [0.4, 0.5) is 4.79 Å². The predicted octanol–water partition coefficient (Wildman–Crippen LogP) is 2.17. The quantitative estimate of drug-likeness (QED) is 0.858. The Morgan fingerprint density at radius 3 is 2.44 bits per heavy atom. The van der Waals surface area contributed by atoms with Crippen molar-refractivity contribution >= 4 is 17.9 Å². The van der Waals surface area contributed by atoms with Crippen molar-refractivity contribution in [2.24, 2.45) is 0 Å². The van der Waals surface area contributed by atoms with Crippen LogP contribution >= 0.6 is 0 Å². The summed E-state index contributed by atoms with van der Waals surface area (Å²) in [6.07, 6.45) is 2.43. The van der Waals surface area contributed by atoms with E-state index in [0.717, 1.165) is 37.9 Å². The molecule has 7 heteroatoms. The molecule has 0 aliphatic carbocycles. The molecule has 7 nitrogen and oxygen atoms in total. The molecule has 1 N–H and O–H groups in total. The summed E-state index contributed by atoms with van der Waals surface area (Å²) in [5.41, 5.74) is 0.837. The van der Waals surface area contributed by atoms with Gasteiger partial charge in [-0.05, 0) is 38.2 Å². The first-order valence-electron chi connectivity index (χ1n) is 9.62. The molecule has 2 aliphatic rings. The van der Waals surface area contributed by atoms with Gasteiger partial charge in [0.1, 0.15) is 12.1 Å². The first-order valence-corrected chi connectivity index (χ1v) is 9.62. The van der Waals surface area contributed by atoms with Crippen LogP contribution in [0.15, 0.2) is 30.3 Å². The fourth-order valence-corrected chi connectivity index (χ4v) is 3.96. The Morgan fingerprint density at radius 2 is 1.81 bits per heavy atom. The Kier molecular flexibility index (Phi) is 5.98. The zero-order valence-corrected chi connectivity index (χ0v) is 15.7. The topological polar surface area (TPSA) is 81.2 Å². The Labute approximate surface area is 159 Å². The summed E-state index contributed by atoms with van der Waals surface area (Å²) in [6.45, 7) is 3.80. The van der Waals surface area contributed by atoms with Crippen molar-refractivity contribution in [2.45, 2.75) is 51.2 Å². The van der Waals surface area contributed by atoms with Crippen LogP contribution in [0.25, 0.3) is 0 Å². The normalized spacial score (nSPS) is 21.2. The lowest BCUT2D eigenvalue weighted by Gasteiger charge is -2.33. The molecule has 0 unspecified atom stereocenters. The number of carboxylic acid groups (broad SMARTS) is 1. The zero-order chi connectivity index (χ0) is 19.4. The van der Waals surface area contributed by atoms with Crippen LogP contribution < -0.4 is 0 Å². The number of carbonyl (C=O) groups excluding carboxylic acids is 2. The van der Waals surface area contributed by atoms with Crippen molar-refractivity contribution in [3.05, 3.63) is 35.9 Å². The molecule has 0 bridgehead atoms. The molecular formula is C20H27N3O4. The largest absolute Gasteiger partial charge is 0.465 e. The molecule has 0 spiro atoms. The van der Waals surface area contributed by atoms with Crippen molar-refractivity contribution < 1.29 is 19.5 Å². The van der Waals surface area contributed by atoms with Gasteiger partial charge in [0.15, 0.2) is 0 Å². The van der Waals surface area contributed by atoms with E-state index in [9.17, 15) is 19.5 Å². The second-order valence-electron chi connectivity index (χ2n) is 7.29. The van der Waals surface area contributed by atoms with Crippen molar-refractivity contribution in [1.82, 2.24) is 14.7 Å². The first-order chi connectivity index (χ1) is 13.0. The molecular weight excluding hydrogens is 346 g/mol. The highest BCUT2D eigenvalue weighted by molar-refractivity contribution is 5.92. The molecule has 2 aliphatic heterocycles. The summed E-state index contributed by atoms with van der Waals surface area (Å²) >= 11 is 0. The lowest BCUT2D eigenvalue weighted by Crippen LogP contribution is -2.51. The van der Waals surface area contributed by atoms with Gasteiger partial charge >= 0.3 is 6.09 Å². The molecule has 1 aromatic rings. The minimum absolute atomic E-state index is 0.0337. The van der Waals surface area contributed by atoms with Gasteiger partial charge in [-0.25, -0.2) is 4.79 Å². The van der Waals surface area contributed by atoms with Crippen LogP contribution in [0.1, 0.15) is 38.2 Å². The van der Waals surface area contributed by atoms with Gasteiger partial charge < -0.3 is 14.9 Å². The summed E-state index contributed by atoms with van der Waals surface area (Å²) in [4.78, 5) is 42.0. The van der Waals surface area contributed by atoms with Gasteiger partial charge in [-0.1, -0.05) is 30.3 Å². The van der Waals surface area contributed by atoms with Crippen molar-refractivity contribution in [1.29, 1.82) is 0 Å². The number of carbonyl (C=O) groups is 3. The Balaban J connectivity index is 1.68. The Bertz CT molecular complexity index is 688. The van der Waals surface area contributed by atoms with Crippen LogP contribution in [0.5, 0.6) is 0 Å². The third-order valence-corrected chi connectivity index (χ3v) is 5.52. The molecule has 2 saturated heterocycles. The van der Waals surface area contributed by atoms with E-state index in [1.807, 2.05) is 35.2 Å². The van der Waals surface area contributed by atoms with Crippen molar-refractivity contribution in [3.8, 4) is 0 Å². The monoisotopic (exact) mass is 373 g/mol. The van der Waals surface area contributed by atoms with Crippen LogP contribution in [0.3, 0.4) is 0 Å². The number of amides is 3. The maximum Gasteiger partial charge on any atom is 0.408 e. The lowest BCUT2D eigenvalue weighted by atomic mass is 10.1. The van der Waals surface area contributed by atoms with Crippen LogP contribution in [-0.2, 0) is 16.1 Å². The van der Waals surface area contributed by atoms with Gasteiger partial charge in [-0.3, -0.25) is 14.5 Å². The fourth-order valence-electron chi connectivity index (χ4n) is 3.96. The average molecular weight is 373 g/mol. The minimum atomic E-state index is -1.12. The Hall–Kier alpha value is -2.57. The Morgan fingerprint density at radius 1 is 1.15 bits per heavy atom. The molecule has 0 saturated carbocycles. The number of benzene rings is 1. The third-order valence-electron chi connectivity index (χ3n) is 5.52. The molecule has 146 valence electrons. The molecule has 2 atom stereocenters. The molecule has 0 aromatic heterocycles. The maximum absolute atomic E-state index is 12.9. The summed E-state index contributed by atoms with van der Waals surface area (Å²) in [6, 6.07) is 7.96. The van der Waals surface area contributed by atoms with E-state index >= 15 is 0 Å². The SMILES string of the molecule is C[C@@H](C(=O)N1CCCCC1)N1CC[C@H](N(Cc2ccccc2)C(=O)O)C1=O. The number of rotatable bonds is 5. The van der Waals surface area contributed by atoms with Crippen molar-refractivity contribution in [2.75, 3.05) is 19.6 Å². The van der Waals surface area contributed by atoms with Gasteiger partial charge in [-0.2, -0.15) is 0 Å².